The number of nitrogens with zero attached hydrogens (tertiary/aromatic N) is 4. The van der Waals surface area contributed by atoms with Gasteiger partial charge in [0, 0.05) is 41.2 Å². The van der Waals surface area contributed by atoms with E-state index >= 15 is 0 Å². The fraction of sp³-hybridized carbons (Fsp3) is 0.323. The van der Waals surface area contributed by atoms with Crippen LogP contribution in [0.5, 0.6) is 0 Å². The molecule has 3 aliphatic heterocycles. The Morgan fingerprint density at radius 2 is 1.87 bits per heavy atom. The smallest absolute Gasteiger partial charge is 0.170 e. The predicted octanol–water partition coefficient (Wildman–Crippen LogP) is 3.56. The first-order valence-electron chi connectivity index (χ1n) is 12.9. The maximum absolute atomic E-state index is 10.2. The summed E-state index contributed by atoms with van der Waals surface area (Å²) in [4.78, 5) is 11.9. The quantitative estimate of drug-likeness (QED) is 0.582. The van der Waals surface area contributed by atoms with Crippen molar-refractivity contribution in [3.63, 3.8) is 0 Å². The first-order chi connectivity index (χ1) is 18.3. The van der Waals surface area contributed by atoms with Crippen LogP contribution in [0.15, 0.2) is 77.4 Å². The molecular formula is C31H30N4O3. The number of aromatic nitrogens is 1. The van der Waals surface area contributed by atoms with E-state index in [1.54, 1.807) is 27.2 Å². The van der Waals surface area contributed by atoms with Gasteiger partial charge in [0.25, 0.3) is 0 Å². The van der Waals surface area contributed by atoms with Crippen molar-refractivity contribution in [2.45, 2.75) is 44.1 Å². The summed E-state index contributed by atoms with van der Waals surface area (Å²) < 4.78 is 12.7. The second-order valence-corrected chi connectivity index (χ2v) is 10.6. The van der Waals surface area contributed by atoms with Crippen LogP contribution in [-0.2, 0) is 15.1 Å². The van der Waals surface area contributed by atoms with Crippen molar-refractivity contribution in [1.82, 2.24) is 4.98 Å². The number of aliphatic hydroxyl groups is 1. The molecule has 38 heavy (non-hydrogen) atoms. The molecular weight excluding hydrogens is 476 g/mol. The average Bonchev–Trinajstić information content (AvgIpc) is 3.16. The molecule has 4 heterocycles. The number of anilines is 1. The molecule has 192 valence electrons. The average molecular weight is 507 g/mol. The van der Waals surface area contributed by atoms with Crippen LogP contribution in [0.4, 0.5) is 5.82 Å². The van der Waals surface area contributed by atoms with E-state index in [2.05, 4.69) is 28.1 Å². The topological polar surface area (TPSA) is 91.0 Å². The SMILES string of the molecule is COC1=c2cccc(-c3ccc(C#N)cc3)c2=NC2C=C1C1(CCN(c3ccc(C(C)(C)O)cn3)CC1)O2. The number of fused-ring (bicyclic) bond motifs is 3. The van der Waals surface area contributed by atoms with Gasteiger partial charge < -0.3 is 19.5 Å². The number of hydrogen-bond donors (Lipinski definition) is 1. The molecule has 2 aromatic carbocycles. The fourth-order valence-electron chi connectivity index (χ4n) is 5.70. The van der Waals surface area contributed by atoms with Gasteiger partial charge in [0.2, 0.25) is 0 Å². The monoisotopic (exact) mass is 506 g/mol. The predicted molar refractivity (Wildman–Crippen MR) is 144 cm³/mol. The van der Waals surface area contributed by atoms with Crippen LogP contribution in [0.2, 0.25) is 0 Å². The van der Waals surface area contributed by atoms with Gasteiger partial charge >= 0.3 is 0 Å². The number of nitriles is 1. The van der Waals surface area contributed by atoms with Gasteiger partial charge in [-0.25, -0.2) is 9.98 Å². The van der Waals surface area contributed by atoms with Crippen LogP contribution in [0.25, 0.3) is 16.9 Å². The Morgan fingerprint density at radius 1 is 1.11 bits per heavy atom. The lowest BCUT2D eigenvalue weighted by molar-refractivity contribution is -0.0419. The fourth-order valence-corrected chi connectivity index (χ4v) is 5.70. The van der Waals surface area contributed by atoms with Gasteiger partial charge in [-0.3, -0.25) is 0 Å². The van der Waals surface area contributed by atoms with Gasteiger partial charge in [0.15, 0.2) is 6.23 Å². The lowest BCUT2D eigenvalue weighted by Gasteiger charge is -2.41. The van der Waals surface area contributed by atoms with E-state index in [4.69, 9.17) is 14.5 Å². The molecule has 1 N–H and O–H groups in total. The largest absolute Gasteiger partial charge is 0.496 e. The molecule has 1 saturated heterocycles. The van der Waals surface area contributed by atoms with Crippen LogP contribution >= 0.6 is 0 Å². The zero-order valence-electron chi connectivity index (χ0n) is 21.8. The Balaban J connectivity index is 1.32. The molecule has 2 bridgehead atoms. The van der Waals surface area contributed by atoms with Crippen LogP contribution < -0.4 is 15.5 Å². The minimum atomic E-state index is -0.913. The Kier molecular flexibility index (Phi) is 5.82. The minimum absolute atomic E-state index is 0.397. The number of rotatable bonds is 4. The Labute approximate surface area is 222 Å². The van der Waals surface area contributed by atoms with Crippen LogP contribution in [0, 0.1) is 11.3 Å². The summed E-state index contributed by atoms with van der Waals surface area (Å²) in [5, 5.41) is 21.2. The maximum atomic E-state index is 10.2. The van der Waals surface area contributed by atoms with Crippen LogP contribution in [-0.4, -0.2) is 42.1 Å². The Hall–Kier alpha value is -3.99. The molecule has 7 heteroatoms. The molecule has 1 atom stereocenters. The van der Waals surface area contributed by atoms with Crippen molar-refractivity contribution in [1.29, 1.82) is 5.26 Å². The summed E-state index contributed by atoms with van der Waals surface area (Å²) in [6.07, 6.45) is 5.04. The molecule has 3 aliphatic rings. The van der Waals surface area contributed by atoms with E-state index < -0.39 is 17.4 Å². The van der Waals surface area contributed by atoms with Crippen molar-refractivity contribution in [2.24, 2.45) is 4.99 Å². The molecule has 6 rings (SSSR count). The minimum Gasteiger partial charge on any atom is -0.496 e. The highest BCUT2D eigenvalue weighted by Crippen LogP contribution is 2.44. The second-order valence-electron chi connectivity index (χ2n) is 10.6. The van der Waals surface area contributed by atoms with E-state index in [9.17, 15) is 10.4 Å². The number of para-hydroxylation sites is 1. The highest BCUT2D eigenvalue weighted by atomic mass is 16.5. The molecule has 0 amide bonds. The van der Waals surface area contributed by atoms with Gasteiger partial charge in [-0.05, 0) is 62.6 Å². The second kappa shape index (κ2) is 9.09. The third-order valence-electron chi connectivity index (χ3n) is 7.81. The molecule has 3 aromatic rings. The summed E-state index contributed by atoms with van der Waals surface area (Å²) in [5.41, 5.74) is 3.08. The van der Waals surface area contributed by atoms with E-state index in [0.29, 0.717) is 5.56 Å². The van der Waals surface area contributed by atoms with Gasteiger partial charge in [0.1, 0.15) is 17.2 Å². The van der Waals surface area contributed by atoms with Crippen molar-refractivity contribution >= 4 is 11.6 Å². The third-order valence-corrected chi connectivity index (χ3v) is 7.81. The highest BCUT2D eigenvalue weighted by molar-refractivity contribution is 5.69. The molecule has 1 aromatic heterocycles. The van der Waals surface area contributed by atoms with Crippen LogP contribution in [0.1, 0.15) is 37.8 Å². The Bertz CT molecular complexity index is 1570. The molecule has 7 nitrogen and oxygen atoms in total. The first-order valence-corrected chi connectivity index (χ1v) is 12.9. The van der Waals surface area contributed by atoms with Gasteiger partial charge in [-0.15, -0.1) is 0 Å². The number of hydrogen-bond acceptors (Lipinski definition) is 7. The molecule has 1 unspecified atom stereocenters. The van der Waals surface area contributed by atoms with Gasteiger partial charge in [-0.2, -0.15) is 5.26 Å². The summed E-state index contributed by atoms with van der Waals surface area (Å²) in [6, 6.07) is 19.8. The third kappa shape index (κ3) is 4.07. The van der Waals surface area contributed by atoms with Crippen molar-refractivity contribution < 1.29 is 14.6 Å². The molecule has 1 fully saturated rings. The van der Waals surface area contributed by atoms with Gasteiger partial charge in [0.05, 0.1) is 29.7 Å². The number of pyridine rings is 1. The van der Waals surface area contributed by atoms with Crippen molar-refractivity contribution in [2.75, 3.05) is 25.1 Å². The molecule has 0 aliphatic carbocycles. The number of piperidine rings is 1. The summed E-state index contributed by atoms with van der Waals surface area (Å²) in [5.74, 6) is 1.71. The van der Waals surface area contributed by atoms with E-state index in [1.165, 1.54) is 0 Å². The van der Waals surface area contributed by atoms with E-state index in [0.717, 1.165) is 70.3 Å². The van der Waals surface area contributed by atoms with Crippen molar-refractivity contribution in [3.8, 4) is 17.2 Å². The zero-order chi connectivity index (χ0) is 26.5. The molecule has 1 spiro atoms. The van der Waals surface area contributed by atoms with Gasteiger partial charge in [-0.1, -0.05) is 30.3 Å². The summed E-state index contributed by atoms with van der Waals surface area (Å²) in [7, 11) is 1.71. The molecule has 0 radical (unpaired) electrons. The van der Waals surface area contributed by atoms with Crippen LogP contribution in [0.3, 0.4) is 0 Å². The zero-order valence-corrected chi connectivity index (χ0v) is 21.8. The first kappa shape index (κ1) is 24.4. The normalized spacial score (nSPS) is 19.8. The summed E-state index contributed by atoms with van der Waals surface area (Å²) in [6.45, 7) is 5.10. The number of methoxy groups -OCH3 is 1. The maximum Gasteiger partial charge on any atom is 0.170 e. The Morgan fingerprint density at radius 3 is 2.50 bits per heavy atom. The van der Waals surface area contributed by atoms with E-state index in [-0.39, 0.29) is 0 Å². The highest BCUT2D eigenvalue weighted by Gasteiger charge is 2.47. The summed E-state index contributed by atoms with van der Waals surface area (Å²) >= 11 is 0. The lowest BCUT2D eigenvalue weighted by atomic mass is 9.83. The molecule has 0 saturated carbocycles. The number of ether oxygens (including phenoxy) is 2. The van der Waals surface area contributed by atoms with Crippen molar-refractivity contribution in [3.05, 3.63) is 94.1 Å². The standard InChI is InChI=1S/C31H30N4O3/c1-30(2,36)22-11-12-26(33-19-22)35-15-13-31(14-16-35)25-17-27(38-31)34-28-23(5-4-6-24(28)29(25)37-3)21-9-7-20(18-32)8-10-21/h4-12,17,19,27,36H,13-16H2,1-3H3. The number of benzene rings is 2. The lowest BCUT2D eigenvalue weighted by Crippen LogP contribution is -2.48. The van der Waals surface area contributed by atoms with E-state index in [1.807, 2.05) is 48.5 Å².